The van der Waals surface area contributed by atoms with Gasteiger partial charge in [-0.15, -0.1) is 0 Å². The van der Waals surface area contributed by atoms with E-state index in [1.54, 1.807) is 4.90 Å². The molecule has 3 nitrogen and oxygen atoms in total. The van der Waals surface area contributed by atoms with Crippen molar-refractivity contribution in [2.24, 2.45) is 0 Å². The average molecular weight is 215 g/mol. The number of rotatable bonds is 1. The van der Waals surface area contributed by atoms with Gasteiger partial charge >= 0.3 is 6.09 Å². The van der Waals surface area contributed by atoms with Crippen LogP contribution in [0.4, 0.5) is 10.5 Å². The number of carbonyl (C=O) groups is 1. The Hall–Kier alpha value is -1.77. The number of allylic oxidation sites excluding steroid dienone is 1. The van der Waals surface area contributed by atoms with Crippen LogP contribution in [-0.4, -0.2) is 18.2 Å². The molecular weight excluding hydrogens is 202 g/mol. The second-order valence-electron chi connectivity index (χ2n) is 4.12. The van der Waals surface area contributed by atoms with E-state index >= 15 is 0 Å². The van der Waals surface area contributed by atoms with E-state index in [2.05, 4.69) is 12.2 Å². The standard InChI is InChI=1S/C13H13NO2/c15-13-14(10-6-2-1-3-7-10)11-8-4-5-9-12(11)16-13/h1-4,6-8,11-12H,5,9H2. The maximum Gasteiger partial charge on any atom is 0.415 e. The zero-order chi connectivity index (χ0) is 11.0. The van der Waals surface area contributed by atoms with Crippen LogP contribution in [-0.2, 0) is 4.74 Å². The largest absolute Gasteiger partial charge is 0.443 e. The van der Waals surface area contributed by atoms with Crippen molar-refractivity contribution in [1.82, 2.24) is 0 Å². The minimum absolute atomic E-state index is 0.0257. The van der Waals surface area contributed by atoms with Crippen molar-refractivity contribution in [3.8, 4) is 0 Å². The lowest BCUT2D eigenvalue weighted by Crippen LogP contribution is -2.36. The maximum atomic E-state index is 11.8. The van der Waals surface area contributed by atoms with Gasteiger partial charge in [0.1, 0.15) is 6.10 Å². The van der Waals surface area contributed by atoms with E-state index in [1.165, 1.54) is 0 Å². The Morgan fingerprint density at radius 1 is 1.25 bits per heavy atom. The molecule has 1 aromatic carbocycles. The third-order valence-electron chi connectivity index (χ3n) is 3.11. The molecule has 0 aromatic heterocycles. The molecule has 0 N–H and O–H groups in total. The SMILES string of the molecule is O=C1OC2CCC=CC2N1c1ccccc1. The Kier molecular flexibility index (Phi) is 2.17. The third kappa shape index (κ3) is 1.40. The number of carbonyl (C=O) groups excluding carboxylic acids is 1. The Morgan fingerprint density at radius 2 is 2.06 bits per heavy atom. The van der Waals surface area contributed by atoms with E-state index in [0.717, 1.165) is 18.5 Å². The first-order valence-corrected chi connectivity index (χ1v) is 5.58. The van der Waals surface area contributed by atoms with E-state index in [9.17, 15) is 4.79 Å². The summed E-state index contributed by atoms with van der Waals surface area (Å²) in [5, 5.41) is 0. The molecule has 1 aliphatic carbocycles. The van der Waals surface area contributed by atoms with Crippen molar-refractivity contribution in [2.75, 3.05) is 4.90 Å². The third-order valence-corrected chi connectivity index (χ3v) is 3.11. The summed E-state index contributed by atoms with van der Waals surface area (Å²) in [5.41, 5.74) is 0.909. The lowest BCUT2D eigenvalue weighted by molar-refractivity contribution is 0.129. The molecule has 3 rings (SSSR count). The van der Waals surface area contributed by atoms with E-state index in [4.69, 9.17) is 4.74 Å². The molecule has 0 bridgehead atoms. The molecule has 2 unspecified atom stereocenters. The molecule has 82 valence electrons. The number of para-hydroxylation sites is 1. The number of ether oxygens (including phenoxy) is 1. The maximum absolute atomic E-state index is 11.8. The number of hydrogen-bond donors (Lipinski definition) is 0. The predicted molar refractivity (Wildman–Crippen MR) is 61.4 cm³/mol. The van der Waals surface area contributed by atoms with Crippen molar-refractivity contribution in [2.45, 2.75) is 25.0 Å². The van der Waals surface area contributed by atoms with Crippen molar-refractivity contribution in [3.63, 3.8) is 0 Å². The molecule has 0 spiro atoms. The molecule has 1 heterocycles. The van der Waals surface area contributed by atoms with Crippen molar-refractivity contribution >= 4 is 11.8 Å². The monoisotopic (exact) mass is 215 g/mol. The van der Waals surface area contributed by atoms with E-state index in [1.807, 2.05) is 30.3 Å². The van der Waals surface area contributed by atoms with Gasteiger partial charge in [-0.1, -0.05) is 30.4 Å². The number of anilines is 1. The zero-order valence-electron chi connectivity index (χ0n) is 8.87. The summed E-state index contributed by atoms with van der Waals surface area (Å²) in [6.45, 7) is 0. The van der Waals surface area contributed by atoms with Gasteiger partial charge in [0.2, 0.25) is 0 Å². The fraction of sp³-hybridized carbons (Fsp3) is 0.308. The first-order chi connectivity index (χ1) is 7.86. The van der Waals surface area contributed by atoms with Gasteiger partial charge < -0.3 is 4.74 Å². The van der Waals surface area contributed by atoms with Crippen LogP contribution < -0.4 is 4.90 Å². The molecule has 1 saturated heterocycles. The lowest BCUT2D eigenvalue weighted by Gasteiger charge is -2.23. The van der Waals surface area contributed by atoms with E-state index < -0.39 is 0 Å². The van der Waals surface area contributed by atoms with Crippen molar-refractivity contribution in [1.29, 1.82) is 0 Å². The van der Waals surface area contributed by atoms with Crippen LogP contribution in [0, 0.1) is 0 Å². The van der Waals surface area contributed by atoms with Crippen LogP contribution in [0.15, 0.2) is 42.5 Å². The highest BCUT2D eigenvalue weighted by Gasteiger charge is 2.41. The molecule has 1 aliphatic heterocycles. The van der Waals surface area contributed by atoms with Gasteiger partial charge in [0.15, 0.2) is 0 Å². The number of fused-ring (bicyclic) bond motifs is 1. The first-order valence-electron chi connectivity index (χ1n) is 5.58. The van der Waals surface area contributed by atoms with E-state index in [0.29, 0.717) is 0 Å². The molecular formula is C13H13NO2. The molecule has 2 aliphatic rings. The predicted octanol–water partition coefficient (Wildman–Crippen LogP) is 2.73. The molecule has 16 heavy (non-hydrogen) atoms. The van der Waals surface area contributed by atoms with Gasteiger partial charge in [-0.05, 0) is 25.0 Å². The Balaban J connectivity index is 1.97. The highest BCUT2D eigenvalue weighted by molar-refractivity contribution is 5.91. The number of hydrogen-bond acceptors (Lipinski definition) is 2. The lowest BCUT2D eigenvalue weighted by atomic mass is 9.99. The van der Waals surface area contributed by atoms with Gasteiger partial charge in [-0.2, -0.15) is 0 Å². The second kappa shape index (κ2) is 3.67. The molecule has 1 aromatic rings. The van der Waals surface area contributed by atoms with Gasteiger partial charge in [0.25, 0.3) is 0 Å². The van der Waals surface area contributed by atoms with Gasteiger partial charge in [-0.3, -0.25) is 4.90 Å². The minimum atomic E-state index is -0.229. The Bertz CT molecular complexity index is 427. The second-order valence-corrected chi connectivity index (χ2v) is 4.12. The van der Waals surface area contributed by atoms with Crippen LogP contribution in [0.3, 0.4) is 0 Å². The number of benzene rings is 1. The summed E-state index contributed by atoms with van der Waals surface area (Å²) >= 11 is 0. The molecule has 1 amide bonds. The quantitative estimate of drug-likeness (QED) is 0.674. The highest BCUT2D eigenvalue weighted by atomic mass is 16.6. The summed E-state index contributed by atoms with van der Waals surface area (Å²) in [4.78, 5) is 13.5. The summed E-state index contributed by atoms with van der Waals surface area (Å²) < 4.78 is 5.37. The summed E-state index contributed by atoms with van der Waals surface area (Å²) in [5.74, 6) is 0. The molecule has 2 atom stereocenters. The van der Waals surface area contributed by atoms with Crippen LogP contribution in [0.2, 0.25) is 0 Å². The van der Waals surface area contributed by atoms with E-state index in [-0.39, 0.29) is 18.2 Å². The first kappa shape index (κ1) is 9.46. The zero-order valence-corrected chi connectivity index (χ0v) is 8.87. The number of nitrogens with zero attached hydrogens (tertiary/aromatic N) is 1. The van der Waals surface area contributed by atoms with Crippen LogP contribution in [0.5, 0.6) is 0 Å². The summed E-state index contributed by atoms with van der Waals surface area (Å²) in [6, 6.07) is 9.76. The summed E-state index contributed by atoms with van der Waals surface area (Å²) in [7, 11) is 0. The topological polar surface area (TPSA) is 29.5 Å². The molecule has 3 heteroatoms. The van der Waals surface area contributed by atoms with Crippen LogP contribution >= 0.6 is 0 Å². The van der Waals surface area contributed by atoms with Gasteiger partial charge in [0.05, 0.1) is 6.04 Å². The molecule has 1 fully saturated rings. The number of amides is 1. The Labute approximate surface area is 94.3 Å². The molecule has 0 radical (unpaired) electrons. The highest BCUT2D eigenvalue weighted by Crippen LogP contribution is 2.31. The average Bonchev–Trinajstić information content (AvgIpc) is 2.66. The van der Waals surface area contributed by atoms with Gasteiger partial charge in [0, 0.05) is 5.69 Å². The summed E-state index contributed by atoms with van der Waals surface area (Å²) in [6.07, 6.45) is 5.92. The minimum Gasteiger partial charge on any atom is -0.443 e. The van der Waals surface area contributed by atoms with Crippen molar-refractivity contribution < 1.29 is 9.53 Å². The normalized spacial score (nSPS) is 27.8. The van der Waals surface area contributed by atoms with Crippen LogP contribution in [0.25, 0.3) is 0 Å². The fourth-order valence-corrected chi connectivity index (χ4v) is 2.35. The van der Waals surface area contributed by atoms with Crippen LogP contribution in [0.1, 0.15) is 12.8 Å². The van der Waals surface area contributed by atoms with Gasteiger partial charge in [-0.25, -0.2) is 4.79 Å². The smallest absolute Gasteiger partial charge is 0.415 e. The fourth-order valence-electron chi connectivity index (χ4n) is 2.35. The Morgan fingerprint density at radius 3 is 2.88 bits per heavy atom. The molecule has 0 saturated carbocycles. The van der Waals surface area contributed by atoms with Crippen molar-refractivity contribution in [3.05, 3.63) is 42.5 Å².